The Morgan fingerprint density at radius 3 is 2.25 bits per heavy atom. The lowest BCUT2D eigenvalue weighted by atomic mass is 10.0. The lowest BCUT2D eigenvalue weighted by molar-refractivity contribution is -0.143. The van der Waals surface area contributed by atoms with Crippen molar-refractivity contribution in [2.75, 3.05) is 12.0 Å². The van der Waals surface area contributed by atoms with Crippen LogP contribution in [0.5, 0.6) is 5.75 Å². The molecule has 4 aromatic rings. The molecule has 2 aromatic carbocycles. The van der Waals surface area contributed by atoms with Crippen molar-refractivity contribution in [3.8, 4) is 5.75 Å². The molecule has 2 heterocycles. The number of fused-ring (bicyclic) bond motifs is 1. The van der Waals surface area contributed by atoms with Crippen molar-refractivity contribution in [2.45, 2.75) is 18.9 Å². The molecule has 0 aliphatic rings. The molecule has 1 amide bonds. The van der Waals surface area contributed by atoms with Crippen molar-refractivity contribution < 1.29 is 35.9 Å². The molecule has 0 fully saturated rings. The minimum Gasteiger partial charge on any atom is -0.494 e. The first kappa shape index (κ1) is 25.7. The summed E-state index contributed by atoms with van der Waals surface area (Å²) in [5.74, 6) is -0.813. The van der Waals surface area contributed by atoms with E-state index in [0.717, 1.165) is 16.2 Å². The SMILES string of the molecule is COc1ccc(Cl)c2sc(N(Cc3ccccn3)C(=O)c3cc(C(F)(F)F)cc(C(F)(F)F)c3)nc12. The van der Waals surface area contributed by atoms with Crippen molar-refractivity contribution in [2.24, 2.45) is 0 Å². The number of halogens is 7. The standard InChI is InChI=1S/C23H14ClF6N3O2S/c1-35-17-6-5-16(24)19-18(17)32-21(36-19)33(11-15-4-2-3-7-31-15)20(34)12-8-13(22(25,26)27)10-14(9-12)23(28,29)30/h2-10H,11H2,1H3. The molecule has 0 unspecified atom stereocenters. The Hall–Kier alpha value is -3.38. The summed E-state index contributed by atoms with van der Waals surface area (Å²) in [6.45, 7) is -0.281. The van der Waals surface area contributed by atoms with Crippen LogP contribution in [0.15, 0.2) is 54.7 Å². The van der Waals surface area contributed by atoms with Crippen LogP contribution in [0.4, 0.5) is 31.5 Å². The maximum atomic E-state index is 13.5. The van der Waals surface area contributed by atoms with Crippen LogP contribution >= 0.6 is 22.9 Å². The molecule has 0 aliphatic heterocycles. The predicted molar refractivity (Wildman–Crippen MR) is 122 cm³/mol. The maximum absolute atomic E-state index is 13.5. The first-order valence-electron chi connectivity index (χ1n) is 10.0. The highest BCUT2D eigenvalue weighted by atomic mass is 35.5. The Labute approximate surface area is 208 Å². The van der Waals surface area contributed by atoms with Gasteiger partial charge in [0.15, 0.2) is 5.13 Å². The van der Waals surface area contributed by atoms with E-state index in [0.29, 0.717) is 28.3 Å². The third kappa shape index (κ3) is 5.24. The van der Waals surface area contributed by atoms with Gasteiger partial charge < -0.3 is 4.74 Å². The fraction of sp³-hybridized carbons (Fsp3) is 0.174. The van der Waals surface area contributed by atoms with E-state index in [1.54, 1.807) is 24.3 Å². The molecule has 36 heavy (non-hydrogen) atoms. The van der Waals surface area contributed by atoms with Gasteiger partial charge in [0.25, 0.3) is 5.91 Å². The van der Waals surface area contributed by atoms with Gasteiger partial charge in [0.1, 0.15) is 11.3 Å². The second-order valence-corrected chi connectivity index (χ2v) is 8.82. The molecule has 0 saturated carbocycles. The molecule has 0 radical (unpaired) electrons. The topological polar surface area (TPSA) is 55.3 Å². The zero-order valence-electron chi connectivity index (χ0n) is 18.1. The van der Waals surface area contributed by atoms with E-state index >= 15 is 0 Å². The van der Waals surface area contributed by atoms with Crippen LogP contribution in [0.2, 0.25) is 5.02 Å². The Kier molecular flexibility index (Phi) is 6.84. The number of pyridine rings is 1. The van der Waals surface area contributed by atoms with Gasteiger partial charge in [-0.25, -0.2) is 4.98 Å². The van der Waals surface area contributed by atoms with E-state index in [-0.39, 0.29) is 28.3 Å². The number of hydrogen-bond donors (Lipinski definition) is 0. The highest BCUT2D eigenvalue weighted by molar-refractivity contribution is 7.23. The van der Waals surface area contributed by atoms with E-state index in [4.69, 9.17) is 16.3 Å². The molecule has 0 atom stereocenters. The molecule has 5 nitrogen and oxygen atoms in total. The van der Waals surface area contributed by atoms with Crippen LogP contribution in [-0.2, 0) is 18.9 Å². The number of hydrogen-bond acceptors (Lipinski definition) is 5. The number of amides is 1. The number of carbonyl (C=O) groups is 1. The van der Waals surface area contributed by atoms with E-state index in [1.165, 1.54) is 19.4 Å². The number of aromatic nitrogens is 2. The van der Waals surface area contributed by atoms with E-state index in [9.17, 15) is 31.1 Å². The molecule has 0 saturated heterocycles. The van der Waals surface area contributed by atoms with E-state index in [2.05, 4.69) is 9.97 Å². The zero-order chi connectivity index (χ0) is 26.3. The van der Waals surface area contributed by atoms with Gasteiger partial charge in [-0.05, 0) is 42.5 Å². The Bertz CT molecular complexity index is 1390. The quantitative estimate of drug-likeness (QED) is 0.248. The highest BCUT2D eigenvalue weighted by Crippen LogP contribution is 2.40. The number of methoxy groups -OCH3 is 1. The fourth-order valence-corrected chi connectivity index (χ4v) is 4.59. The molecule has 0 N–H and O–H groups in total. The maximum Gasteiger partial charge on any atom is 0.416 e. The summed E-state index contributed by atoms with van der Waals surface area (Å²) in [6.07, 6.45) is -8.79. The van der Waals surface area contributed by atoms with Gasteiger partial charge in [-0.3, -0.25) is 14.7 Å². The van der Waals surface area contributed by atoms with Gasteiger partial charge >= 0.3 is 12.4 Å². The van der Waals surface area contributed by atoms with Crippen LogP contribution in [0.25, 0.3) is 10.2 Å². The number of rotatable bonds is 5. The zero-order valence-corrected chi connectivity index (χ0v) is 19.7. The minimum absolute atomic E-state index is 0.0157. The van der Waals surface area contributed by atoms with Crippen molar-refractivity contribution in [1.29, 1.82) is 0 Å². The average molecular weight is 546 g/mol. The molecular formula is C23H14ClF6N3O2S. The summed E-state index contributed by atoms with van der Waals surface area (Å²) in [5, 5.41) is 0.260. The van der Waals surface area contributed by atoms with Gasteiger partial charge in [0.05, 0.1) is 40.2 Å². The molecule has 0 bridgehead atoms. The van der Waals surface area contributed by atoms with Gasteiger partial charge in [-0.2, -0.15) is 26.3 Å². The molecule has 0 spiro atoms. The smallest absolute Gasteiger partial charge is 0.416 e. The lowest BCUT2D eigenvalue weighted by Gasteiger charge is -2.21. The highest BCUT2D eigenvalue weighted by Gasteiger charge is 2.38. The third-order valence-electron chi connectivity index (χ3n) is 5.02. The second kappa shape index (κ2) is 9.58. The average Bonchev–Trinajstić information content (AvgIpc) is 3.28. The predicted octanol–water partition coefficient (Wildman–Crippen LogP) is 7.24. The van der Waals surface area contributed by atoms with Crippen molar-refractivity contribution in [1.82, 2.24) is 9.97 Å². The molecule has 0 aliphatic carbocycles. The summed E-state index contributed by atoms with van der Waals surface area (Å²) < 4.78 is 86.1. The number of ether oxygens (including phenoxy) is 1. The van der Waals surface area contributed by atoms with Crippen molar-refractivity contribution in [3.05, 3.63) is 82.1 Å². The summed E-state index contributed by atoms with van der Waals surface area (Å²) >= 11 is 7.18. The number of anilines is 1. The monoisotopic (exact) mass is 545 g/mol. The molecule has 13 heteroatoms. The van der Waals surface area contributed by atoms with Crippen LogP contribution in [0, 0.1) is 0 Å². The molecule has 4 rings (SSSR count). The summed E-state index contributed by atoms with van der Waals surface area (Å²) in [4.78, 5) is 22.9. The van der Waals surface area contributed by atoms with Gasteiger partial charge in [-0.15, -0.1) is 0 Å². The summed E-state index contributed by atoms with van der Waals surface area (Å²) in [5.41, 5.74) is -3.42. The van der Waals surface area contributed by atoms with Crippen LogP contribution in [-0.4, -0.2) is 23.0 Å². The summed E-state index contributed by atoms with van der Waals surface area (Å²) in [7, 11) is 1.39. The number of thiazole rings is 1. The number of carbonyl (C=O) groups excluding carboxylic acids is 1. The minimum atomic E-state index is -5.11. The lowest BCUT2D eigenvalue weighted by Crippen LogP contribution is -2.31. The first-order valence-corrected chi connectivity index (χ1v) is 11.2. The third-order valence-corrected chi connectivity index (χ3v) is 6.56. The van der Waals surface area contributed by atoms with Crippen molar-refractivity contribution in [3.63, 3.8) is 0 Å². The Balaban J connectivity index is 1.89. The number of benzene rings is 2. The van der Waals surface area contributed by atoms with E-state index < -0.39 is 35.0 Å². The summed E-state index contributed by atoms with van der Waals surface area (Å²) in [6, 6.07) is 8.58. The molecular weight excluding hydrogens is 532 g/mol. The molecule has 2 aromatic heterocycles. The first-order chi connectivity index (χ1) is 16.9. The normalized spacial score (nSPS) is 12.1. The van der Waals surface area contributed by atoms with Crippen LogP contribution in [0.1, 0.15) is 27.2 Å². The van der Waals surface area contributed by atoms with Gasteiger partial charge in [0.2, 0.25) is 0 Å². The van der Waals surface area contributed by atoms with E-state index in [1.807, 2.05) is 0 Å². The second-order valence-electron chi connectivity index (χ2n) is 7.43. The molecule has 188 valence electrons. The van der Waals surface area contributed by atoms with Crippen LogP contribution in [0.3, 0.4) is 0 Å². The number of alkyl halides is 6. The van der Waals surface area contributed by atoms with Gasteiger partial charge in [0, 0.05) is 11.8 Å². The largest absolute Gasteiger partial charge is 0.494 e. The fourth-order valence-electron chi connectivity index (χ4n) is 3.34. The van der Waals surface area contributed by atoms with Gasteiger partial charge in [-0.1, -0.05) is 29.0 Å². The Morgan fingerprint density at radius 1 is 1.03 bits per heavy atom. The van der Waals surface area contributed by atoms with Crippen LogP contribution < -0.4 is 9.64 Å². The Morgan fingerprint density at radius 2 is 1.69 bits per heavy atom. The number of nitrogens with zero attached hydrogens (tertiary/aromatic N) is 3. The van der Waals surface area contributed by atoms with Crippen molar-refractivity contribution >= 4 is 44.2 Å².